The highest BCUT2D eigenvalue weighted by Gasteiger charge is 2.28. The van der Waals surface area contributed by atoms with Crippen molar-refractivity contribution in [2.24, 2.45) is 0 Å². The van der Waals surface area contributed by atoms with Gasteiger partial charge < -0.3 is 10.6 Å². The maximum atomic E-state index is 12.4. The molecule has 0 saturated carbocycles. The lowest BCUT2D eigenvalue weighted by atomic mass is 10.1. The highest BCUT2D eigenvalue weighted by molar-refractivity contribution is 6.04. The van der Waals surface area contributed by atoms with Crippen LogP contribution in [0.3, 0.4) is 0 Å². The Hall–Kier alpha value is -3.04. The number of nitrogens with one attached hydrogen (secondary N) is 2. The van der Waals surface area contributed by atoms with E-state index in [1.807, 2.05) is 6.92 Å². The molecule has 7 nitrogen and oxygen atoms in total. The van der Waals surface area contributed by atoms with Crippen LogP contribution in [0.2, 0.25) is 0 Å². The van der Waals surface area contributed by atoms with Gasteiger partial charge in [0.25, 0.3) is 5.91 Å². The maximum absolute atomic E-state index is 12.4. The smallest absolute Gasteiger partial charge is 0.336 e. The topological polar surface area (TPSA) is 79.3 Å². The molecule has 0 unspecified atom stereocenters. The molecule has 3 rings (SSSR count). The molecule has 1 saturated heterocycles. The van der Waals surface area contributed by atoms with Crippen LogP contribution in [0.4, 0.5) is 29.3 Å². The van der Waals surface area contributed by atoms with Crippen LogP contribution in [0.1, 0.15) is 15.9 Å². The Balaban J connectivity index is 1.74. The third-order valence-electron chi connectivity index (χ3n) is 3.85. The summed E-state index contributed by atoms with van der Waals surface area (Å²) in [5, 5.41) is 8.85. The summed E-state index contributed by atoms with van der Waals surface area (Å²) >= 11 is 0. The molecular formula is C16H16F3N5O2. The van der Waals surface area contributed by atoms with Gasteiger partial charge in [0.05, 0.1) is 17.4 Å². The van der Waals surface area contributed by atoms with Crippen LogP contribution in [-0.2, 0) is 6.54 Å². The first-order valence-corrected chi connectivity index (χ1v) is 7.79. The molecule has 0 atom stereocenters. The van der Waals surface area contributed by atoms with E-state index in [2.05, 4.69) is 15.7 Å². The van der Waals surface area contributed by atoms with Crippen molar-refractivity contribution in [3.63, 3.8) is 0 Å². The van der Waals surface area contributed by atoms with Gasteiger partial charge in [0.2, 0.25) is 0 Å². The van der Waals surface area contributed by atoms with Crippen LogP contribution >= 0.6 is 0 Å². The van der Waals surface area contributed by atoms with Gasteiger partial charge in [-0.1, -0.05) is 6.07 Å². The number of hydrogen-bond donors (Lipinski definition) is 2. The molecule has 26 heavy (non-hydrogen) atoms. The van der Waals surface area contributed by atoms with E-state index in [9.17, 15) is 22.8 Å². The second kappa shape index (κ2) is 6.70. The number of carbonyl (C=O) groups excluding carboxylic acids is 2. The molecule has 3 amide bonds. The van der Waals surface area contributed by atoms with E-state index >= 15 is 0 Å². The van der Waals surface area contributed by atoms with E-state index in [0.29, 0.717) is 29.1 Å². The summed E-state index contributed by atoms with van der Waals surface area (Å²) in [6.45, 7) is 1.63. The largest absolute Gasteiger partial charge is 0.408 e. The molecule has 0 bridgehead atoms. The number of hydrogen-bond acceptors (Lipinski definition) is 3. The standard InChI is InChI=1S/C16H16F3N5O2/c1-10-2-3-12(6-13(10)24-5-4-20-15(24)26)22-14(25)11-7-21-23(8-11)9-16(17,18)19/h2-3,6-8H,4-5,9H2,1H3,(H,20,26)(H,22,25). The summed E-state index contributed by atoms with van der Waals surface area (Å²) in [4.78, 5) is 25.6. The number of anilines is 2. The van der Waals surface area contributed by atoms with Crippen LogP contribution < -0.4 is 15.5 Å². The third-order valence-corrected chi connectivity index (χ3v) is 3.85. The maximum Gasteiger partial charge on any atom is 0.408 e. The van der Waals surface area contributed by atoms with Crippen LogP contribution in [0.15, 0.2) is 30.6 Å². The minimum Gasteiger partial charge on any atom is -0.336 e. The summed E-state index contributed by atoms with van der Waals surface area (Å²) in [7, 11) is 0. The average Bonchev–Trinajstić information content (AvgIpc) is 3.17. The highest BCUT2D eigenvalue weighted by atomic mass is 19.4. The van der Waals surface area contributed by atoms with Crippen LogP contribution in [0.5, 0.6) is 0 Å². The van der Waals surface area contributed by atoms with E-state index in [-0.39, 0.29) is 11.6 Å². The van der Waals surface area contributed by atoms with Gasteiger partial charge in [-0.15, -0.1) is 0 Å². The Kier molecular flexibility index (Phi) is 4.58. The zero-order valence-corrected chi connectivity index (χ0v) is 13.8. The van der Waals surface area contributed by atoms with E-state index in [4.69, 9.17) is 0 Å². The minimum atomic E-state index is -4.41. The quantitative estimate of drug-likeness (QED) is 0.872. The Bertz CT molecular complexity index is 847. The van der Waals surface area contributed by atoms with Gasteiger partial charge >= 0.3 is 12.2 Å². The second-order valence-corrected chi connectivity index (χ2v) is 5.88. The molecule has 1 aliphatic heterocycles. The molecule has 0 spiro atoms. The lowest BCUT2D eigenvalue weighted by molar-refractivity contribution is -0.142. The molecule has 2 aromatic rings. The number of rotatable bonds is 4. The molecular weight excluding hydrogens is 351 g/mol. The number of urea groups is 1. The van der Waals surface area contributed by atoms with Gasteiger partial charge in [-0.3, -0.25) is 14.4 Å². The van der Waals surface area contributed by atoms with E-state index in [1.54, 1.807) is 23.1 Å². The van der Waals surface area contributed by atoms with Crippen molar-refractivity contribution in [2.75, 3.05) is 23.3 Å². The third kappa shape index (κ3) is 3.95. The lowest BCUT2D eigenvalue weighted by Crippen LogP contribution is -2.28. The van der Waals surface area contributed by atoms with Gasteiger partial charge in [0.15, 0.2) is 0 Å². The number of nitrogens with zero attached hydrogens (tertiary/aromatic N) is 3. The first-order chi connectivity index (χ1) is 12.2. The van der Waals surface area contributed by atoms with Gasteiger partial charge in [0, 0.05) is 25.0 Å². The fraction of sp³-hybridized carbons (Fsp3) is 0.312. The van der Waals surface area contributed by atoms with Crippen molar-refractivity contribution < 1.29 is 22.8 Å². The molecule has 0 radical (unpaired) electrons. The van der Waals surface area contributed by atoms with Gasteiger partial charge in [-0.25, -0.2) is 4.79 Å². The first-order valence-electron chi connectivity index (χ1n) is 7.79. The molecule has 138 valence electrons. The molecule has 1 aliphatic rings. The van der Waals surface area contributed by atoms with E-state index < -0.39 is 18.6 Å². The molecule has 1 aromatic carbocycles. The van der Waals surface area contributed by atoms with Crippen LogP contribution in [-0.4, -0.2) is 41.0 Å². The zero-order valence-electron chi connectivity index (χ0n) is 13.8. The van der Waals surface area contributed by atoms with E-state index in [0.717, 1.165) is 18.0 Å². The van der Waals surface area contributed by atoms with Gasteiger partial charge in [0.1, 0.15) is 6.54 Å². The SMILES string of the molecule is Cc1ccc(NC(=O)c2cnn(CC(F)(F)F)c2)cc1N1CCNC1=O. The van der Waals surface area contributed by atoms with Crippen molar-refractivity contribution in [1.29, 1.82) is 0 Å². The van der Waals surface area contributed by atoms with Crippen molar-refractivity contribution in [2.45, 2.75) is 19.6 Å². The molecule has 2 heterocycles. The number of carbonyl (C=O) groups is 2. The second-order valence-electron chi connectivity index (χ2n) is 5.88. The summed E-state index contributed by atoms with van der Waals surface area (Å²) < 4.78 is 37.7. The predicted molar refractivity (Wildman–Crippen MR) is 88.2 cm³/mol. The minimum absolute atomic E-state index is 0.00953. The average molecular weight is 367 g/mol. The van der Waals surface area contributed by atoms with Crippen molar-refractivity contribution in [3.05, 3.63) is 41.7 Å². The monoisotopic (exact) mass is 367 g/mol. The molecule has 0 aliphatic carbocycles. The Labute approximate surface area is 146 Å². The number of halogens is 3. The summed E-state index contributed by atoms with van der Waals surface area (Å²) in [6, 6.07) is 4.84. The van der Waals surface area contributed by atoms with Crippen LogP contribution in [0, 0.1) is 6.92 Å². The molecule has 2 N–H and O–H groups in total. The summed E-state index contributed by atoms with van der Waals surface area (Å²) in [5.41, 5.74) is 1.96. The lowest BCUT2D eigenvalue weighted by Gasteiger charge is -2.18. The van der Waals surface area contributed by atoms with Crippen molar-refractivity contribution >= 4 is 23.3 Å². The number of amides is 3. The Morgan fingerprint density at radius 1 is 1.38 bits per heavy atom. The highest BCUT2D eigenvalue weighted by Crippen LogP contribution is 2.26. The van der Waals surface area contributed by atoms with Crippen LogP contribution in [0.25, 0.3) is 0 Å². The summed E-state index contributed by atoms with van der Waals surface area (Å²) in [6.07, 6.45) is -2.31. The molecule has 1 fully saturated rings. The number of aromatic nitrogens is 2. The van der Waals surface area contributed by atoms with E-state index in [1.165, 1.54) is 0 Å². The van der Waals surface area contributed by atoms with Gasteiger partial charge in [-0.05, 0) is 24.6 Å². The van der Waals surface area contributed by atoms with Gasteiger partial charge in [-0.2, -0.15) is 18.3 Å². The fourth-order valence-corrected chi connectivity index (χ4v) is 2.63. The molecule has 10 heteroatoms. The predicted octanol–water partition coefficient (Wildman–Crippen LogP) is 2.54. The zero-order chi connectivity index (χ0) is 18.9. The number of alkyl halides is 3. The molecule has 1 aromatic heterocycles. The Morgan fingerprint density at radius 2 is 2.15 bits per heavy atom. The van der Waals surface area contributed by atoms with Crippen molar-refractivity contribution in [1.82, 2.24) is 15.1 Å². The number of aryl methyl sites for hydroxylation is 1. The normalized spacial score (nSPS) is 14.5. The summed E-state index contributed by atoms with van der Waals surface area (Å²) in [5.74, 6) is -0.584. The first kappa shape index (κ1) is 17.8. The fourth-order valence-electron chi connectivity index (χ4n) is 2.63. The van der Waals surface area contributed by atoms with Crippen molar-refractivity contribution in [3.8, 4) is 0 Å². The number of benzene rings is 1. The Morgan fingerprint density at radius 3 is 2.81 bits per heavy atom.